The van der Waals surface area contributed by atoms with Crippen LogP contribution in [0, 0.1) is 0 Å². The highest BCUT2D eigenvalue weighted by Crippen LogP contribution is 2.12. The molecular weight excluding hydrogens is 138 g/mol. The van der Waals surface area contributed by atoms with E-state index in [0.29, 0.717) is 6.04 Å². The van der Waals surface area contributed by atoms with Crippen LogP contribution in [0.25, 0.3) is 0 Å². The summed E-state index contributed by atoms with van der Waals surface area (Å²) < 4.78 is 0. The molecule has 1 rings (SSSR count). The highest BCUT2D eigenvalue weighted by Gasteiger charge is 2.16. The molecule has 2 heteroatoms. The molecule has 0 bridgehead atoms. The quantitative estimate of drug-likeness (QED) is 0.619. The minimum atomic E-state index is -0.0428. The predicted octanol–water partition coefficient (Wildman–Crippen LogP) is 1.24. The molecule has 0 unspecified atom stereocenters. The Hall–Kier alpha value is -0.0800. The molecule has 0 amide bonds. The first-order valence-corrected chi connectivity index (χ1v) is 4.62. The van der Waals surface area contributed by atoms with Gasteiger partial charge in [0, 0.05) is 12.6 Å². The van der Waals surface area contributed by atoms with Crippen molar-refractivity contribution in [2.24, 2.45) is 0 Å². The van der Waals surface area contributed by atoms with E-state index >= 15 is 0 Å². The van der Waals surface area contributed by atoms with Crippen molar-refractivity contribution in [3.8, 4) is 0 Å². The van der Waals surface area contributed by atoms with Gasteiger partial charge in [0.1, 0.15) is 0 Å². The van der Waals surface area contributed by atoms with E-state index in [4.69, 9.17) is 0 Å². The van der Waals surface area contributed by atoms with Crippen molar-refractivity contribution in [3.63, 3.8) is 0 Å². The predicted molar refractivity (Wildman–Crippen MR) is 46.6 cm³/mol. The lowest BCUT2D eigenvalue weighted by Gasteiger charge is -2.23. The van der Waals surface area contributed by atoms with Crippen LogP contribution in [0.5, 0.6) is 0 Å². The average molecular weight is 157 g/mol. The maximum absolute atomic E-state index is 9.36. The van der Waals surface area contributed by atoms with E-state index in [0.717, 1.165) is 32.4 Å². The van der Waals surface area contributed by atoms with Gasteiger partial charge < -0.3 is 10.0 Å². The normalized spacial score (nSPS) is 28.9. The van der Waals surface area contributed by atoms with Crippen molar-refractivity contribution in [2.75, 3.05) is 13.1 Å². The molecule has 0 aromatic carbocycles. The molecule has 1 atom stereocenters. The minimum Gasteiger partial charge on any atom is -0.393 e. The highest BCUT2D eigenvalue weighted by molar-refractivity contribution is 4.70. The third kappa shape index (κ3) is 2.80. The van der Waals surface area contributed by atoms with Crippen LogP contribution in [-0.4, -0.2) is 35.2 Å². The van der Waals surface area contributed by atoms with Gasteiger partial charge in [-0.1, -0.05) is 0 Å². The second kappa shape index (κ2) is 4.07. The lowest BCUT2D eigenvalue weighted by Crippen LogP contribution is -2.31. The largest absolute Gasteiger partial charge is 0.393 e. The zero-order valence-corrected chi connectivity index (χ0v) is 7.58. The van der Waals surface area contributed by atoms with Crippen LogP contribution >= 0.6 is 0 Å². The zero-order chi connectivity index (χ0) is 8.27. The van der Waals surface area contributed by atoms with E-state index < -0.39 is 0 Å². The summed E-state index contributed by atoms with van der Waals surface area (Å²) in [6.07, 6.45) is 3.06. The third-order valence-corrected chi connectivity index (χ3v) is 2.46. The van der Waals surface area contributed by atoms with Gasteiger partial charge in [0.25, 0.3) is 0 Å². The number of hydrogen-bond donors (Lipinski definition) is 1. The van der Waals surface area contributed by atoms with E-state index in [2.05, 4.69) is 18.7 Å². The lowest BCUT2D eigenvalue weighted by atomic mass is 10.2. The first kappa shape index (κ1) is 9.01. The Kier molecular flexibility index (Phi) is 3.34. The van der Waals surface area contributed by atoms with Crippen molar-refractivity contribution >= 4 is 0 Å². The Morgan fingerprint density at radius 2 is 2.00 bits per heavy atom. The van der Waals surface area contributed by atoms with E-state index in [9.17, 15) is 5.11 Å². The van der Waals surface area contributed by atoms with Crippen LogP contribution in [0.4, 0.5) is 0 Å². The molecule has 0 saturated carbocycles. The van der Waals surface area contributed by atoms with Crippen molar-refractivity contribution in [1.82, 2.24) is 4.90 Å². The first-order chi connectivity index (χ1) is 5.20. The van der Waals surface area contributed by atoms with Gasteiger partial charge in [-0.15, -0.1) is 0 Å². The summed E-state index contributed by atoms with van der Waals surface area (Å²) in [5.41, 5.74) is 0. The third-order valence-electron chi connectivity index (χ3n) is 2.46. The molecule has 1 heterocycles. The van der Waals surface area contributed by atoms with Crippen molar-refractivity contribution < 1.29 is 5.11 Å². The second-order valence-electron chi connectivity index (χ2n) is 3.71. The lowest BCUT2D eigenvalue weighted by molar-refractivity contribution is 0.151. The monoisotopic (exact) mass is 157 g/mol. The number of nitrogens with zero attached hydrogens (tertiary/aromatic N) is 1. The number of likely N-dealkylation sites (tertiary alicyclic amines) is 1. The Bertz CT molecular complexity index is 114. The molecule has 1 N–H and O–H groups in total. The van der Waals surface area contributed by atoms with Crippen LogP contribution in [0.3, 0.4) is 0 Å². The van der Waals surface area contributed by atoms with E-state index in [-0.39, 0.29) is 6.10 Å². The molecule has 1 aliphatic rings. The zero-order valence-electron chi connectivity index (χ0n) is 7.58. The van der Waals surface area contributed by atoms with Gasteiger partial charge in [0.05, 0.1) is 6.10 Å². The molecule has 11 heavy (non-hydrogen) atoms. The summed E-state index contributed by atoms with van der Waals surface area (Å²) in [5, 5.41) is 9.36. The number of aliphatic hydroxyl groups is 1. The molecule has 2 nitrogen and oxygen atoms in total. The second-order valence-corrected chi connectivity index (χ2v) is 3.71. The SMILES string of the molecule is CC(C)N1CCC[C@@H](O)CC1. The fourth-order valence-corrected chi connectivity index (χ4v) is 1.62. The van der Waals surface area contributed by atoms with Crippen molar-refractivity contribution in [1.29, 1.82) is 0 Å². The van der Waals surface area contributed by atoms with Gasteiger partial charge in [-0.05, 0) is 39.7 Å². The fourth-order valence-electron chi connectivity index (χ4n) is 1.62. The maximum Gasteiger partial charge on any atom is 0.0553 e. The van der Waals surface area contributed by atoms with Gasteiger partial charge in [0.2, 0.25) is 0 Å². The van der Waals surface area contributed by atoms with E-state index in [1.165, 1.54) is 0 Å². The maximum atomic E-state index is 9.36. The minimum absolute atomic E-state index is 0.0428. The summed E-state index contributed by atoms with van der Waals surface area (Å²) in [6, 6.07) is 0.639. The highest BCUT2D eigenvalue weighted by atomic mass is 16.3. The van der Waals surface area contributed by atoms with Crippen LogP contribution in [0.2, 0.25) is 0 Å². The molecule has 0 radical (unpaired) electrons. The first-order valence-electron chi connectivity index (χ1n) is 4.62. The Balaban J connectivity index is 2.34. The number of hydrogen-bond acceptors (Lipinski definition) is 2. The standard InChI is InChI=1S/C9H19NO/c1-8(2)10-6-3-4-9(11)5-7-10/h8-9,11H,3-7H2,1-2H3/t9-/m1/s1. The fraction of sp³-hybridized carbons (Fsp3) is 1.00. The smallest absolute Gasteiger partial charge is 0.0553 e. The molecule has 0 spiro atoms. The molecule has 66 valence electrons. The Labute approximate surface area is 69.2 Å². The topological polar surface area (TPSA) is 23.5 Å². The van der Waals surface area contributed by atoms with Crippen LogP contribution in [0.1, 0.15) is 33.1 Å². The molecule has 1 aliphatic heterocycles. The summed E-state index contributed by atoms with van der Waals surface area (Å²) in [5.74, 6) is 0. The summed E-state index contributed by atoms with van der Waals surface area (Å²) in [4.78, 5) is 2.44. The van der Waals surface area contributed by atoms with Gasteiger partial charge >= 0.3 is 0 Å². The summed E-state index contributed by atoms with van der Waals surface area (Å²) in [6.45, 7) is 6.67. The van der Waals surface area contributed by atoms with Crippen molar-refractivity contribution in [2.45, 2.75) is 45.3 Å². The number of rotatable bonds is 1. The van der Waals surface area contributed by atoms with Crippen molar-refractivity contribution in [3.05, 3.63) is 0 Å². The molecule has 0 aromatic rings. The molecule has 0 aliphatic carbocycles. The molecular formula is C9H19NO. The van der Waals surface area contributed by atoms with Crippen LogP contribution in [-0.2, 0) is 0 Å². The average Bonchev–Trinajstić information content (AvgIpc) is 2.13. The van der Waals surface area contributed by atoms with Gasteiger partial charge in [-0.3, -0.25) is 0 Å². The molecule has 1 fully saturated rings. The van der Waals surface area contributed by atoms with E-state index in [1.54, 1.807) is 0 Å². The van der Waals surface area contributed by atoms with Crippen LogP contribution in [0.15, 0.2) is 0 Å². The number of aliphatic hydroxyl groups excluding tert-OH is 1. The molecule has 1 saturated heterocycles. The Morgan fingerprint density at radius 3 is 2.64 bits per heavy atom. The van der Waals surface area contributed by atoms with Gasteiger partial charge in [-0.2, -0.15) is 0 Å². The summed E-state index contributed by atoms with van der Waals surface area (Å²) in [7, 11) is 0. The van der Waals surface area contributed by atoms with Gasteiger partial charge in [0.15, 0.2) is 0 Å². The van der Waals surface area contributed by atoms with E-state index in [1.807, 2.05) is 0 Å². The summed E-state index contributed by atoms with van der Waals surface area (Å²) >= 11 is 0. The van der Waals surface area contributed by atoms with Gasteiger partial charge in [-0.25, -0.2) is 0 Å². The Morgan fingerprint density at radius 1 is 1.27 bits per heavy atom. The molecule has 0 aromatic heterocycles. The van der Waals surface area contributed by atoms with Crippen LogP contribution < -0.4 is 0 Å².